The lowest BCUT2D eigenvalue weighted by atomic mass is 10.1. The molecule has 0 unspecified atom stereocenters. The van der Waals surface area contributed by atoms with Gasteiger partial charge >= 0.3 is 0 Å². The molecule has 0 aliphatic carbocycles. The van der Waals surface area contributed by atoms with Gasteiger partial charge < -0.3 is 11.1 Å². The number of hydrogen-bond acceptors (Lipinski definition) is 4. The monoisotopic (exact) mass is 369 g/mol. The van der Waals surface area contributed by atoms with Crippen molar-refractivity contribution < 1.29 is 9.72 Å². The number of nitrogens with one attached hydrogen (secondary N) is 1. The summed E-state index contributed by atoms with van der Waals surface area (Å²) in [4.78, 5) is 22.4. The molecule has 0 bridgehead atoms. The molecular formula is C13H9BrClN3O3. The number of anilines is 2. The van der Waals surface area contributed by atoms with Crippen LogP contribution in [0.1, 0.15) is 10.4 Å². The zero-order valence-corrected chi connectivity index (χ0v) is 12.8. The Morgan fingerprint density at radius 1 is 1.29 bits per heavy atom. The Balaban J connectivity index is 2.27. The molecule has 1 amide bonds. The third-order valence-corrected chi connectivity index (χ3v) is 3.56. The molecule has 0 aliphatic heterocycles. The SMILES string of the molecule is Nc1cc(Cl)ccc1C(=O)Nc1ccc(Br)c([N+](=O)[O-])c1. The summed E-state index contributed by atoms with van der Waals surface area (Å²) in [5.41, 5.74) is 6.34. The van der Waals surface area contributed by atoms with Gasteiger partial charge in [0.25, 0.3) is 11.6 Å². The van der Waals surface area contributed by atoms with Crippen molar-refractivity contribution >= 4 is 50.5 Å². The molecule has 8 heteroatoms. The zero-order chi connectivity index (χ0) is 15.6. The minimum absolute atomic E-state index is 0.142. The largest absolute Gasteiger partial charge is 0.398 e. The van der Waals surface area contributed by atoms with Gasteiger partial charge in [-0.25, -0.2) is 0 Å². The maximum atomic E-state index is 12.1. The number of nitrogens with two attached hydrogens (primary N) is 1. The summed E-state index contributed by atoms with van der Waals surface area (Å²) in [5, 5.41) is 13.8. The summed E-state index contributed by atoms with van der Waals surface area (Å²) < 4.78 is 0.330. The molecule has 21 heavy (non-hydrogen) atoms. The standard InChI is InChI=1S/C13H9BrClN3O3/c14-10-4-2-8(6-12(10)18(20)21)17-13(19)9-3-1-7(15)5-11(9)16/h1-6H,16H2,(H,17,19). The van der Waals surface area contributed by atoms with Crippen LogP contribution < -0.4 is 11.1 Å². The summed E-state index contributed by atoms with van der Waals surface area (Å²) >= 11 is 8.84. The van der Waals surface area contributed by atoms with Crippen LogP contribution in [0, 0.1) is 10.1 Å². The van der Waals surface area contributed by atoms with E-state index in [1.54, 1.807) is 6.07 Å². The summed E-state index contributed by atoms with van der Waals surface area (Å²) in [6.07, 6.45) is 0. The summed E-state index contributed by atoms with van der Waals surface area (Å²) in [7, 11) is 0. The van der Waals surface area contributed by atoms with Crippen molar-refractivity contribution in [3.63, 3.8) is 0 Å². The number of amides is 1. The fourth-order valence-electron chi connectivity index (χ4n) is 1.67. The molecule has 2 rings (SSSR count). The Hall–Kier alpha value is -2.12. The number of nitro groups is 1. The highest BCUT2D eigenvalue weighted by Crippen LogP contribution is 2.28. The van der Waals surface area contributed by atoms with E-state index in [1.165, 1.54) is 30.3 Å². The van der Waals surface area contributed by atoms with Crippen LogP contribution in [-0.4, -0.2) is 10.8 Å². The Kier molecular flexibility index (Phi) is 4.44. The van der Waals surface area contributed by atoms with Crippen LogP contribution in [0.4, 0.5) is 17.1 Å². The first kappa shape index (κ1) is 15.3. The number of carbonyl (C=O) groups is 1. The predicted molar refractivity (Wildman–Crippen MR) is 84.6 cm³/mol. The summed E-state index contributed by atoms with van der Waals surface area (Å²) in [6, 6.07) is 8.77. The maximum absolute atomic E-state index is 12.1. The highest BCUT2D eigenvalue weighted by molar-refractivity contribution is 9.10. The van der Waals surface area contributed by atoms with Crippen LogP contribution in [0.25, 0.3) is 0 Å². The van der Waals surface area contributed by atoms with E-state index in [1.807, 2.05) is 0 Å². The molecule has 0 aromatic heterocycles. The number of hydrogen-bond donors (Lipinski definition) is 2. The Morgan fingerprint density at radius 2 is 2.00 bits per heavy atom. The number of nitro benzene ring substituents is 1. The lowest BCUT2D eigenvalue weighted by Crippen LogP contribution is -2.14. The van der Waals surface area contributed by atoms with Crippen molar-refractivity contribution in [2.75, 3.05) is 11.1 Å². The van der Waals surface area contributed by atoms with Crippen LogP contribution in [-0.2, 0) is 0 Å². The molecule has 2 aromatic rings. The molecule has 3 N–H and O–H groups in total. The molecule has 0 aliphatic rings. The average Bonchev–Trinajstić information content (AvgIpc) is 2.40. The van der Waals surface area contributed by atoms with E-state index in [2.05, 4.69) is 21.2 Å². The van der Waals surface area contributed by atoms with Crippen molar-refractivity contribution in [3.8, 4) is 0 Å². The Bertz CT molecular complexity index is 737. The van der Waals surface area contributed by atoms with E-state index in [0.29, 0.717) is 15.2 Å². The first-order chi connectivity index (χ1) is 9.88. The zero-order valence-electron chi connectivity index (χ0n) is 10.5. The summed E-state index contributed by atoms with van der Waals surface area (Å²) in [5.74, 6) is -0.471. The van der Waals surface area contributed by atoms with E-state index in [0.717, 1.165) is 0 Å². The van der Waals surface area contributed by atoms with Gasteiger partial charge in [-0.05, 0) is 46.3 Å². The predicted octanol–water partition coefficient (Wildman–Crippen LogP) is 3.85. The van der Waals surface area contributed by atoms with Gasteiger partial charge in [0.15, 0.2) is 0 Å². The van der Waals surface area contributed by atoms with E-state index in [-0.39, 0.29) is 16.9 Å². The molecule has 2 aromatic carbocycles. The molecule has 0 saturated carbocycles. The van der Waals surface area contributed by atoms with Crippen LogP contribution in [0.3, 0.4) is 0 Å². The molecule has 0 saturated heterocycles. The Labute approximate surface area is 133 Å². The van der Waals surface area contributed by atoms with Gasteiger partial charge in [-0.2, -0.15) is 0 Å². The molecule has 108 valence electrons. The number of nitrogen functional groups attached to an aromatic ring is 1. The van der Waals surface area contributed by atoms with Crippen molar-refractivity contribution in [2.24, 2.45) is 0 Å². The second-order valence-corrected chi connectivity index (χ2v) is 5.40. The lowest BCUT2D eigenvalue weighted by Gasteiger charge is -2.08. The molecule has 6 nitrogen and oxygen atoms in total. The summed E-state index contributed by atoms with van der Waals surface area (Å²) in [6.45, 7) is 0. The van der Waals surface area contributed by atoms with Gasteiger partial charge in [-0.1, -0.05) is 11.6 Å². The van der Waals surface area contributed by atoms with E-state index >= 15 is 0 Å². The number of rotatable bonds is 3. The molecule has 0 radical (unpaired) electrons. The fraction of sp³-hybridized carbons (Fsp3) is 0. The normalized spacial score (nSPS) is 10.2. The number of benzene rings is 2. The Morgan fingerprint density at radius 3 is 2.62 bits per heavy atom. The topological polar surface area (TPSA) is 98.3 Å². The van der Waals surface area contributed by atoms with Gasteiger partial charge in [-0.3, -0.25) is 14.9 Å². The third-order valence-electron chi connectivity index (χ3n) is 2.66. The smallest absolute Gasteiger partial charge is 0.285 e. The van der Waals surface area contributed by atoms with E-state index in [9.17, 15) is 14.9 Å². The quantitative estimate of drug-likeness (QED) is 0.487. The highest BCUT2D eigenvalue weighted by Gasteiger charge is 2.15. The van der Waals surface area contributed by atoms with Gasteiger partial charge in [0.05, 0.1) is 15.0 Å². The maximum Gasteiger partial charge on any atom is 0.285 e. The van der Waals surface area contributed by atoms with Crippen LogP contribution in [0.5, 0.6) is 0 Å². The number of carbonyl (C=O) groups excluding carboxylic acids is 1. The molecular weight excluding hydrogens is 362 g/mol. The molecule has 0 atom stereocenters. The average molecular weight is 371 g/mol. The van der Waals surface area contributed by atoms with Gasteiger partial charge in [-0.15, -0.1) is 0 Å². The fourth-order valence-corrected chi connectivity index (χ4v) is 2.24. The van der Waals surface area contributed by atoms with Gasteiger partial charge in [0.1, 0.15) is 0 Å². The second kappa shape index (κ2) is 6.11. The second-order valence-electron chi connectivity index (χ2n) is 4.11. The third kappa shape index (κ3) is 3.50. The molecule has 0 spiro atoms. The van der Waals surface area contributed by atoms with Crippen molar-refractivity contribution in [3.05, 3.63) is 61.6 Å². The van der Waals surface area contributed by atoms with Gasteiger partial charge in [0.2, 0.25) is 0 Å². The number of halogens is 2. The first-order valence-corrected chi connectivity index (χ1v) is 6.86. The van der Waals surface area contributed by atoms with Gasteiger partial charge in [0, 0.05) is 22.5 Å². The van der Waals surface area contributed by atoms with Crippen molar-refractivity contribution in [1.29, 1.82) is 0 Å². The van der Waals surface area contributed by atoms with Crippen LogP contribution in [0.2, 0.25) is 5.02 Å². The van der Waals surface area contributed by atoms with E-state index < -0.39 is 10.8 Å². The van der Waals surface area contributed by atoms with Crippen LogP contribution >= 0.6 is 27.5 Å². The molecule has 0 heterocycles. The minimum Gasteiger partial charge on any atom is -0.398 e. The minimum atomic E-state index is -0.545. The van der Waals surface area contributed by atoms with E-state index in [4.69, 9.17) is 17.3 Å². The highest BCUT2D eigenvalue weighted by atomic mass is 79.9. The first-order valence-electron chi connectivity index (χ1n) is 5.69. The number of nitrogens with zero attached hydrogens (tertiary/aromatic N) is 1. The van der Waals surface area contributed by atoms with Crippen molar-refractivity contribution in [1.82, 2.24) is 0 Å². The van der Waals surface area contributed by atoms with Crippen molar-refractivity contribution in [2.45, 2.75) is 0 Å². The van der Waals surface area contributed by atoms with Crippen LogP contribution in [0.15, 0.2) is 40.9 Å². The lowest BCUT2D eigenvalue weighted by molar-refractivity contribution is -0.385. The molecule has 0 fully saturated rings.